The zero-order valence-electron chi connectivity index (χ0n) is 8.28. The third-order valence-electron chi connectivity index (χ3n) is 2.36. The van der Waals surface area contributed by atoms with E-state index in [4.69, 9.17) is 4.74 Å². The van der Waals surface area contributed by atoms with Crippen LogP contribution in [0, 0.1) is 0 Å². The number of cyclic esters (lactones) is 1. The fourth-order valence-corrected chi connectivity index (χ4v) is 2.20. The van der Waals surface area contributed by atoms with Crippen LogP contribution >= 0.6 is 11.3 Å². The summed E-state index contributed by atoms with van der Waals surface area (Å²) < 4.78 is 4.84. The first-order valence-corrected chi connectivity index (χ1v) is 5.53. The van der Waals surface area contributed by atoms with Crippen LogP contribution in [0.4, 0.5) is 0 Å². The van der Waals surface area contributed by atoms with Crippen molar-refractivity contribution in [3.63, 3.8) is 0 Å². The summed E-state index contributed by atoms with van der Waals surface area (Å²) in [7, 11) is 0. The number of thiophene rings is 1. The van der Waals surface area contributed by atoms with E-state index < -0.39 is 0 Å². The molecule has 0 N–H and O–H groups in total. The Balaban J connectivity index is 2.35. The second kappa shape index (κ2) is 3.98. The maximum atomic E-state index is 12.0. The Hall–Kier alpha value is -1.42. The Morgan fingerprint density at radius 2 is 2.33 bits per heavy atom. The minimum Gasteiger partial charge on any atom is -0.462 e. The zero-order chi connectivity index (χ0) is 10.8. The van der Waals surface area contributed by atoms with E-state index in [9.17, 15) is 9.59 Å². The van der Waals surface area contributed by atoms with Crippen LogP contribution in [-0.4, -0.2) is 18.4 Å². The van der Waals surface area contributed by atoms with Gasteiger partial charge in [0.25, 0.3) is 0 Å². The lowest BCUT2D eigenvalue weighted by Gasteiger charge is -2.15. The van der Waals surface area contributed by atoms with Crippen LogP contribution in [0.15, 0.2) is 28.7 Å². The molecule has 2 heterocycles. The smallest absolute Gasteiger partial charge is 0.334 e. The summed E-state index contributed by atoms with van der Waals surface area (Å²) in [6, 6.07) is 3.60. The molecule has 0 unspecified atom stereocenters. The number of ketones is 1. The first kappa shape index (κ1) is 10.1. The lowest BCUT2D eigenvalue weighted by Crippen LogP contribution is -2.20. The van der Waals surface area contributed by atoms with E-state index in [1.165, 1.54) is 11.3 Å². The van der Waals surface area contributed by atoms with Gasteiger partial charge in [0.1, 0.15) is 0 Å². The van der Waals surface area contributed by atoms with Gasteiger partial charge in [-0.2, -0.15) is 0 Å². The van der Waals surface area contributed by atoms with Crippen molar-refractivity contribution in [1.82, 2.24) is 0 Å². The van der Waals surface area contributed by atoms with E-state index in [1.807, 2.05) is 11.4 Å². The first-order chi connectivity index (χ1) is 7.20. The number of Topliss-reactive ketones (excluding diaryl/α,β-unsaturated/α-hetero) is 1. The van der Waals surface area contributed by atoms with Gasteiger partial charge in [-0.25, -0.2) is 4.79 Å². The van der Waals surface area contributed by atoms with Crippen molar-refractivity contribution in [2.45, 2.75) is 13.3 Å². The fraction of sp³-hybridized carbons (Fsp3) is 0.273. The highest BCUT2D eigenvalue weighted by atomic mass is 32.1. The molecule has 1 aliphatic heterocycles. The molecular weight excluding hydrogens is 212 g/mol. The molecule has 0 aliphatic carbocycles. The van der Waals surface area contributed by atoms with Gasteiger partial charge in [-0.3, -0.25) is 4.79 Å². The first-order valence-electron chi connectivity index (χ1n) is 4.65. The number of hydrogen-bond acceptors (Lipinski definition) is 4. The van der Waals surface area contributed by atoms with E-state index in [0.717, 1.165) is 0 Å². The summed E-state index contributed by atoms with van der Waals surface area (Å²) in [5, 5.41) is 1.85. The molecule has 0 spiro atoms. The lowest BCUT2D eigenvalue weighted by molar-refractivity contribution is -0.139. The SMILES string of the molecule is CC1=C(C(=O)c2cccs2)CCOC1=O. The monoisotopic (exact) mass is 222 g/mol. The largest absolute Gasteiger partial charge is 0.462 e. The molecule has 3 nitrogen and oxygen atoms in total. The highest BCUT2D eigenvalue weighted by molar-refractivity contribution is 7.12. The number of rotatable bonds is 2. The molecule has 78 valence electrons. The van der Waals surface area contributed by atoms with Gasteiger partial charge in [0, 0.05) is 17.6 Å². The van der Waals surface area contributed by atoms with Crippen molar-refractivity contribution in [1.29, 1.82) is 0 Å². The molecule has 0 saturated heterocycles. The van der Waals surface area contributed by atoms with Crippen LogP contribution in [-0.2, 0) is 9.53 Å². The predicted octanol–water partition coefficient (Wildman–Crippen LogP) is 2.19. The van der Waals surface area contributed by atoms with Crippen molar-refractivity contribution in [3.8, 4) is 0 Å². The lowest BCUT2D eigenvalue weighted by atomic mass is 9.99. The van der Waals surface area contributed by atoms with E-state index >= 15 is 0 Å². The Morgan fingerprint density at radius 3 is 3.00 bits per heavy atom. The number of ether oxygens (including phenoxy) is 1. The second-order valence-electron chi connectivity index (χ2n) is 3.30. The van der Waals surface area contributed by atoms with Crippen LogP contribution in [0.5, 0.6) is 0 Å². The summed E-state index contributed by atoms with van der Waals surface area (Å²) in [5.41, 5.74) is 1.04. The summed E-state index contributed by atoms with van der Waals surface area (Å²) in [4.78, 5) is 23.9. The third-order valence-corrected chi connectivity index (χ3v) is 3.23. The Labute approximate surface area is 91.4 Å². The summed E-state index contributed by atoms with van der Waals surface area (Å²) in [6.07, 6.45) is 0.522. The molecule has 0 amide bonds. The number of carbonyl (C=O) groups is 2. The number of esters is 1. The van der Waals surface area contributed by atoms with Gasteiger partial charge in [0.05, 0.1) is 11.5 Å². The molecule has 4 heteroatoms. The Bertz CT molecular complexity index is 429. The van der Waals surface area contributed by atoms with Gasteiger partial charge in [-0.1, -0.05) is 6.07 Å². The minimum atomic E-state index is -0.374. The van der Waals surface area contributed by atoms with E-state index in [1.54, 1.807) is 13.0 Å². The van der Waals surface area contributed by atoms with Crippen molar-refractivity contribution in [2.75, 3.05) is 6.61 Å². The van der Waals surface area contributed by atoms with E-state index in [0.29, 0.717) is 29.1 Å². The average molecular weight is 222 g/mol. The number of hydrogen-bond donors (Lipinski definition) is 0. The highest BCUT2D eigenvalue weighted by Crippen LogP contribution is 2.23. The Kier molecular flexibility index (Phi) is 2.68. The molecule has 0 atom stereocenters. The quantitative estimate of drug-likeness (QED) is 0.569. The van der Waals surface area contributed by atoms with E-state index in [2.05, 4.69) is 0 Å². The van der Waals surface area contributed by atoms with Gasteiger partial charge in [0.15, 0.2) is 5.78 Å². The van der Waals surface area contributed by atoms with E-state index in [-0.39, 0.29) is 11.8 Å². The average Bonchev–Trinajstić information content (AvgIpc) is 2.74. The third kappa shape index (κ3) is 1.85. The maximum absolute atomic E-state index is 12.0. The zero-order valence-corrected chi connectivity index (χ0v) is 9.10. The van der Waals surface area contributed by atoms with Crippen molar-refractivity contribution in [3.05, 3.63) is 33.5 Å². The van der Waals surface area contributed by atoms with Crippen LogP contribution < -0.4 is 0 Å². The summed E-state index contributed by atoms with van der Waals surface area (Å²) in [6.45, 7) is 1.95. The van der Waals surface area contributed by atoms with Crippen LogP contribution in [0.1, 0.15) is 23.0 Å². The van der Waals surface area contributed by atoms with Gasteiger partial charge < -0.3 is 4.74 Å². The topological polar surface area (TPSA) is 43.4 Å². The molecule has 2 rings (SSSR count). The molecule has 0 bridgehead atoms. The van der Waals surface area contributed by atoms with Gasteiger partial charge in [-0.15, -0.1) is 11.3 Å². The molecule has 0 radical (unpaired) electrons. The van der Waals surface area contributed by atoms with Gasteiger partial charge >= 0.3 is 5.97 Å². The molecule has 1 aromatic rings. The molecule has 15 heavy (non-hydrogen) atoms. The minimum absolute atomic E-state index is 0.0425. The molecule has 0 saturated carbocycles. The predicted molar refractivity (Wildman–Crippen MR) is 56.9 cm³/mol. The number of carbonyl (C=O) groups excluding carboxylic acids is 2. The molecule has 0 fully saturated rings. The maximum Gasteiger partial charge on any atom is 0.334 e. The van der Waals surface area contributed by atoms with Gasteiger partial charge in [0.2, 0.25) is 0 Å². The summed E-state index contributed by atoms with van der Waals surface area (Å²) >= 11 is 1.39. The highest BCUT2D eigenvalue weighted by Gasteiger charge is 2.24. The van der Waals surface area contributed by atoms with Crippen molar-refractivity contribution >= 4 is 23.1 Å². The molecule has 0 aromatic carbocycles. The molecule has 1 aliphatic rings. The second-order valence-corrected chi connectivity index (χ2v) is 4.24. The van der Waals surface area contributed by atoms with Gasteiger partial charge in [-0.05, 0) is 18.4 Å². The standard InChI is InChI=1S/C11H10O3S/c1-7-8(4-5-14-11(7)13)10(12)9-3-2-6-15-9/h2-3,6H,4-5H2,1H3. The summed E-state index contributed by atoms with van der Waals surface area (Å²) in [5.74, 6) is -0.416. The fourth-order valence-electron chi connectivity index (χ4n) is 1.51. The molecule has 1 aromatic heterocycles. The normalized spacial score (nSPS) is 16.5. The van der Waals surface area contributed by atoms with Crippen LogP contribution in [0.2, 0.25) is 0 Å². The van der Waals surface area contributed by atoms with Crippen molar-refractivity contribution in [2.24, 2.45) is 0 Å². The van der Waals surface area contributed by atoms with Crippen molar-refractivity contribution < 1.29 is 14.3 Å². The van der Waals surface area contributed by atoms with Crippen LogP contribution in [0.25, 0.3) is 0 Å². The Morgan fingerprint density at radius 1 is 1.53 bits per heavy atom. The van der Waals surface area contributed by atoms with Crippen LogP contribution in [0.3, 0.4) is 0 Å². The molecular formula is C11H10O3S.